The average molecular weight is 280 g/mol. The van der Waals surface area contributed by atoms with Crippen LogP contribution in [-0.2, 0) is 20.7 Å². The molecule has 1 aromatic rings. The molecule has 0 heterocycles. The Morgan fingerprint density at radius 2 is 1.80 bits per heavy atom. The number of ether oxygens (including phenoxy) is 1. The number of phenolic OH excluding ortho intramolecular Hbond substituents is 1. The van der Waals surface area contributed by atoms with E-state index < -0.39 is 23.3 Å². The molecule has 2 N–H and O–H groups in total. The standard InChI is InChI=1S/C15H20O5/c1-4-20-14(19)15(10(2)3,13(17)18)9-11-5-7-12(16)8-6-11/h5-8,10,16H,4,9H2,1-3H3,(H,17,18). The molecule has 5 heteroatoms. The first-order chi connectivity index (χ1) is 9.34. The Bertz CT molecular complexity index is 478. The van der Waals surface area contributed by atoms with Crippen LogP contribution in [0.15, 0.2) is 24.3 Å². The zero-order valence-electron chi connectivity index (χ0n) is 11.9. The number of benzene rings is 1. The normalized spacial score (nSPS) is 13.8. The Labute approximate surface area is 118 Å². The molecule has 0 aliphatic carbocycles. The molecule has 0 amide bonds. The third-order valence-corrected chi connectivity index (χ3v) is 3.43. The molecule has 0 fully saturated rings. The second-order valence-electron chi connectivity index (χ2n) is 4.99. The molecule has 1 atom stereocenters. The smallest absolute Gasteiger partial charge is 0.324 e. The highest BCUT2D eigenvalue weighted by Crippen LogP contribution is 2.34. The monoisotopic (exact) mass is 280 g/mol. The molecular weight excluding hydrogens is 260 g/mol. The molecule has 110 valence electrons. The van der Waals surface area contributed by atoms with Gasteiger partial charge in [0.2, 0.25) is 0 Å². The van der Waals surface area contributed by atoms with Gasteiger partial charge in [0.25, 0.3) is 0 Å². The van der Waals surface area contributed by atoms with E-state index in [1.165, 1.54) is 12.1 Å². The van der Waals surface area contributed by atoms with Crippen molar-refractivity contribution in [3.05, 3.63) is 29.8 Å². The number of hydrogen-bond donors (Lipinski definition) is 2. The van der Waals surface area contributed by atoms with Gasteiger partial charge >= 0.3 is 11.9 Å². The highest BCUT2D eigenvalue weighted by atomic mass is 16.5. The van der Waals surface area contributed by atoms with E-state index in [4.69, 9.17) is 4.74 Å². The van der Waals surface area contributed by atoms with Crippen molar-refractivity contribution in [2.24, 2.45) is 11.3 Å². The maximum absolute atomic E-state index is 12.2. The summed E-state index contributed by atoms with van der Waals surface area (Å²) in [5.41, 5.74) is -0.959. The molecule has 1 unspecified atom stereocenters. The van der Waals surface area contributed by atoms with Crippen LogP contribution in [0.25, 0.3) is 0 Å². The highest BCUT2D eigenvalue weighted by Gasteiger charge is 2.50. The van der Waals surface area contributed by atoms with Crippen LogP contribution in [0.3, 0.4) is 0 Å². The van der Waals surface area contributed by atoms with Crippen LogP contribution in [0.4, 0.5) is 0 Å². The first-order valence-corrected chi connectivity index (χ1v) is 6.53. The second-order valence-corrected chi connectivity index (χ2v) is 4.99. The van der Waals surface area contributed by atoms with Crippen LogP contribution < -0.4 is 0 Å². The van der Waals surface area contributed by atoms with Crippen molar-refractivity contribution < 1.29 is 24.5 Å². The molecule has 0 aromatic heterocycles. The van der Waals surface area contributed by atoms with Crippen LogP contribution in [0.1, 0.15) is 26.3 Å². The van der Waals surface area contributed by atoms with Gasteiger partial charge in [0, 0.05) is 0 Å². The zero-order valence-corrected chi connectivity index (χ0v) is 11.9. The predicted octanol–water partition coefficient (Wildman–Crippen LogP) is 2.22. The number of aliphatic carboxylic acids is 1. The van der Waals surface area contributed by atoms with Gasteiger partial charge in [-0.15, -0.1) is 0 Å². The fraction of sp³-hybridized carbons (Fsp3) is 0.467. The van der Waals surface area contributed by atoms with Gasteiger partial charge in [-0.25, -0.2) is 0 Å². The fourth-order valence-electron chi connectivity index (χ4n) is 2.12. The van der Waals surface area contributed by atoms with Crippen molar-refractivity contribution in [3.63, 3.8) is 0 Å². The SMILES string of the molecule is CCOC(=O)C(Cc1ccc(O)cc1)(C(=O)O)C(C)C. The van der Waals surface area contributed by atoms with E-state index in [1.807, 2.05) is 0 Å². The third-order valence-electron chi connectivity index (χ3n) is 3.43. The van der Waals surface area contributed by atoms with Gasteiger partial charge in [-0.2, -0.15) is 0 Å². The van der Waals surface area contributed by atoms with E-state index in [-0.39, 0.29) is 18.8 Å². The summed E-state index contributed by atoms with van der Waals surface area (Å²) >= 11 is 0. The predicted molar refractivity (Wildman–Crippen MR) is 73.4 cm³/mol. The highest BCUT2D eigenvalue weighted by molar-refractivity contribution is 5.99. The average Bonchev–Trinajstić information content (AvgIpc) is 2.37. The zero-order chi connectivity index (χ0) is 15.3. The van der Waals surface area contributed by atoms with Gasteiger partial charge in [-0.05, 0) is 37.0 Å². The largest absolute Gasteiger partial charge is 0.508 e. The minimum Gasteiger partial charge on any atom is -0.508 e. The van der Waals surface area contributed by atoms with Crippen LogP contribution in [0.2, 0.25) is 0 Å². The van der Waals surface area contributed by atoms with E-state index in [0.29, 0.717) is 5.56 Å². The number of esters is 1. The second kappa shape index (κ2) is 6.41. The van der Waals surface area contributed by atoms with E-state index in [9.17, 15) is 19.8 Å². The summed E-state index contributed by atoms with van der Waals surface area (Å²) in [6.07, 6.45) is 0.0269. The maximum atomic E-state index is 12.2. The van der Waals surface area contributed by atoms with Crippen molar-refractivity contribution in [3.8, 4) is 5.75 Å². The Balaban J connectivity index is 3.19. The number of carboxylic acids is 1. The van der Waals surface area contributed by atoms with E-state index in [2.05, 4.69) is 0 Å². The molecule has 0 bridgehead atoms. The van der Waals surface area contributed by atoms with Crippen LogP contribution in [0, 0.1) is 11.3 Å². The molecule has 0 aliphatic rings. The number of aromatic hydroxyl groups is 1. The molecule has 0 spiro atoms. The molecule has 0 saturated carbocycles. The number of carbonyl (C=O) groups is 2. The van der Waals surface area contributed by atoms with Gasteiger partial charge < -0.3 is 14.9 Å². The molecule has 20 heavy (non-hydrogen) atoms. The topological polar surface area (TPSA) is 83.8 Å². The summed E-state index contributed by atoms with van der Waals surface area (Å²) in [6, 6.07) is 6.14. The minimum absolute atomic E-state index is 0.0269. The fourth-order valence-corrected chi connectivity index (χ4v) is 2.12. The molecule has 5 nitrogen and oxygen atoms in total. The van der Waals surface area contributed by atoms with Crippen LogP contribution in [-0.4, -0.2) is 28.8 Å². The van der Waals surface area contributed by atoms with Crippen molar-refractivity contribution in [2.75, 3.05) is 6.61 Å². The summed E-state index contributed by atoms with van der Waals surface area (Å²) < 4.78 is 4.96. The number of carbonyl (C=O) groups excluding carboxylic acids is 1. The van der Waals surface area contributed by atoms with Crippen LogP contribution in [0.5, 0.6) is 5.75 Å². The Morgan fingerprint density at radius 3 is 2.20 bits per heavy atom. The third kappa shape index (κ3) is 3.10. The Kier molecular flexibility index (Phi) is 5.13. The lowest BCUT2D eigenvalue weighted by molar-refractivity contribution is -0.172. The number of rotatable bonds is 6. The molecule has 1 aromatic carbocycles. The summed E-state index contributed by atoms with van der Waals surface area (Å²) in [6.45, 7) is 5.15. The van der Waals surface area contributed by atoms with Crippen LogP contribution >= 0.6 is 0 Å². The lowest BCUT2D eigenvalue weighted by atomic mass is 9.72. The molecule has 0 radical (unpaired) electrons. The van der Waals surface area contributed by atoms with Gasteiger partial charge in [-0.3, -0.25) is 9.59 Å². The molecule has 0 saturated heterocycles. The van der Waals surface area contributed by atoms with Crippen molar-refractivity contribution in [1.29, 1.82) is 0 Å². The number of carboxylic acid groups (broad SMARTS) is 1. The van der Waals surface area contributed by atoms with Gasteiger partial charge in [0.1, 0.15) is 5.75 Å². The lowest BCUT2D eigenvalue weighted by Gasteiger charge is -2.31. The van der Waals surface area contributed by atoms with E-state index in [1.54, 1.807) is 32.9 Å². The first-order valence-electron chi connectivity index (χ1n) is 6.53. The van der Waals surface area contributed by atoms with Crippen molar-refractivity contribution in [1.82, 2.24) is 0 Å². The summed E-state index contributed by atoms with van der Waals surface area (Å²) in [4.78, 5) is 23.9. The maximum Gasteiger partial charge on any atom is 0.324 e. The van der Waals surface area contributed by atoms with Crippen molar-refractivity contribution >= 4 is 11.9 Å². The van der Waals surface area contributed by atoms with Gasteiger partial charge in [0.05, 0.1) is 6.61 Å². The van der Waals surface area contributed by atoms with E-state index >= 15 is 0 Å². The Hall–Kier alpha value is -2.04. The summed E-state index contributed by atoms with van der Waals surface area (Å²) in [5, 5.41) is 18.8. The summed E-state index contributed by atoms with van der Waals surface area (Å²) in [5.74, 6) is -2.25. The molecule has 0 aliphatic heterocycles. The summed E-state index contributed by atoms with van der Waals surface area (Å²) in [7, 11) is 0. The molecular formula is C15H20O5. The lowest BCUT2D eigenvalue weighted by Crippen LogP contribution is -2.46. The van der Waals surface area contributed by atoms with E-state index in [0.717, 1.165) is 0 Å². The Morgan fingerprint density at radius 1 is 1.25 bits per heavy atom. The number of phenols is 1. The minimum atomic E-state index is -1.62. The number of hydrogen-bond acceptors (Lipinski definition) is 4. The quantitative estimate of drug-likeness (QED) is 0.616. The van der Waals surface area contributed by atoms with Gasteiger partial charge in [0.15, 0.2) is 5.41 Å². The molecule has 1 rings (SSSR count). The first kappa shape index (κ1) is 16.0. The van der Waals surface area contributed by atoms with Gasteiger partial charge in [-0.1, -0.05) is 26.0 Å². The van der Waals surface area contributed by atoms with Crippen molar-refractivity contribution in [2.45, 2.75) is 27.2 Å².